The Morgan fingerprint density at radius 1 is 1.18 bits per heavy atom. The monoisotopic (exact) mass is 464 g/mol. The van der Waals surface area contributed by atoms with Crippen LogP contribution in [-0.4, -0.2) is 49.6 Å². The molecule has 0 bridgehead atoms. The van der Waals surface area contributed by atoms with Gasteiger partial charge in [-0.1, -0.05) is 28.4 Å². The summed E-state index contributed by atoms with van der Waals surface area (Å²) in [4.78, 5) is 21.4. The van der Waals surface area contributed by atoms with E-state index in [4.69, 9.17) is 20.9 Å². The number of likely N-dealkylation sites (tertiary alicyclic amines) is 1. The normalized spacial score (nSPS) is 15.7. The minimum absolute atomic E-state index is 0.166. The second-order valence-electron chi connectivity index (χ2n) is 7.80. The molecule has 1 aliphatic rings. The van der Waals surface area contributed by atoms with Gasteiger partial charge in [-0.25, -0.2) is 0 Å². The van der Waals surface area contributed by atoms with Gasteiger partial charge in [0.25, 0.3) is 11.8 Å². The van der Waals surface area contributed by atoms with E-state index in [0.29, 0.717) is 40.3 Å². The third kappa shape index (κ3) is 3.95. The van der Waals surface area contributed by atoms with Crippen molar-refractivity contribution in [2.24, 2.45) is 0 Å². The highest BCUT2D eigenvalue weighted by atomic mass is 35.5. The molecule has 0 aliphatic carbocycles. The molecule has 1 amide bonds. The summed E-state index contributed by atoms with van der Waals surface area (Å²) < 4.78 is 11.0. The molecule has 1 aliphatic heterocycles. The molecule has 168 valence electrons. The van der Waals surface area contributed by atoms with Gasteiger partial charge in [-0.3, -0.25) is 4.79 Å². The number of benzene rings is 2. The van der Waals surface area contributed by atoms with E-state index in [2.05, 4.69) is 20.3 Å². The molecule has 4 aromatic rings. The maximum Gasteiger partial charge on any atom is 0.261 e. The van der Waals surface area contributed by atoms with Crippen molar-refractivity contribution >= 4 is 17.5 Å². The van der Waals surface area contributed by atoms with Crippen LogP contribution in [0.15, 0.2) is 53.3 Å². The molecule has 10 heteroatoms. The Morgan fingerprint density at radius 3 is 2.79 bits per heavy atom. The van der Waals surface area contributed by atoms with Crippen molar-refractivity contribution < 1.29 is 14.1 Å². The Hall–Kier alpha value is -3.72. The van der Waals surface area contributed by atoms with Crippen molar-refractivity contribution in [2.45, 2.75) is 25.8 Å². The Morgan fingerprint density at radius 2 is 2.00 bits per heavy atom. The first kappa shape index (κ1) is 21.1. The van der Waals surface area contributed by atoms with E-state index in [-0.39, 0.29) is 11.9 Å². The molecule has 9 nitrogen and oxygen atoms in total. The molecular formula is C23H21ClN6O3. The number of hydrogen-bond donors (Lipinski definition) is 0. The van der Waals surface area contributed by atoms with E-state index in [1.165, 1.54) is 4.80 Å². The van der Waals surface area contributed by atoms with Crippen molar-refractivity contribution in [3.8, 4) is 22.9 Å². The summed E-state index contributed by atoms with van der Waals surface area (Å²) in [5.74, 6) is 1.30. The van der Waals surface area contributed by atoms with Crippen LogP contribution in [0.25, 0.3) is 17.1 Å². The topological polar surface area (TPSA) is 99.2 Å². The highest BCUT2D eigenvalue weighted by Gasteiger charge is 2.35. The highest BCUT2D eigenvalue weighted by Crippen LogP contribution is 2.35. The van der Waals surface area contributed by atoms with Crippen molar-refractivity contribution in [1.82, 2.24) is 30.0 Å². The highest BCUT2D eigenvalue weighted by molar-refractivity contribution is 6.31. The van der Waals surface area contributed by atoms with Crippen LogP contribution in [0.5, 0.6) is 5.75 Å². The Bertz CT molecular complexity index is 1300. The van der Waals surface area contributed by atoms with Crippen LogP contribution in [0.2, 0.25) is 5.02 Å². The fraction of sp³-hybridized carbons (Fsp3) is 0.261. The average molecular weight is 465 g/mol. The number of aromatic nitrogens is 5. The van der Waals surface area contributed by atoms with Crippen LogP contribution >= 0.6 is 11.6 Å². The molecule has 1 saturated heterocycles. The molecule has 1 fully saturated rings. The van der Waals surface area contributed by atoms with Crippen molar-refractivity contribution in [3.05, 3.63) is 70.8 Å². The van der Waals surface area contributed by atoms with Gasteiger partial charge in [0.1, 0.15) is 5.75 Å². The second-order valence-corrected chi connectivity index (χ2v) is 8.23. The lowest BCUT2D eigenvalue weighted by molar-refractivity contribution is 0.0728. The number of halogens is 1. The van der Waals surface area contributed by atoms with Crippen LogP contribution in [0, 0.1) is 6.92 Å². The van der Waals surface area contributed by atoms with Crippen molar-refractivity contribution in [3.63, 3.8) is 0 Å². The number of methoxy groups -OCH3 is 1. The third-order valence-corrected chi connectivity index (χ3v) is 5.90. The number of nitrogens with zero attached hydrogens (tertiary/aromatic N) is 6. The first-order valence-electron chi connectivity index (χ1n) is 10.5. The minimum Gasteiger partial charge on any atom is -0.496 e. The summed E-state index contributed by atoms with van der Waals surface area (Å²) in [6.07, 6.45) is 4.66. The zero-order chi connectivity index (χ0) is 22.9. The number of aryl methyl sites for hydroxylation is 1. The second kappa shape index (κ2) is 8.67. The van der Waals surface area contributed by atoms with E-state index in [1.807, 2.05) is 25.1 Å². The predicted molar refractivity (Wildman–Crippen MR) is 120 cm³/mol. The summed E-state index contributed by atoms with van der Waals surface area (Å²) in [7, 11) is 1.60. The molecule has 2 aromatic heterocycles. The van der Waals surface area contributed by atoms with Gasteiger partial charge in [0, 0.05) is 11.6 Å². The van der Waals surface area contributed by atoms with E-state index in [0.717, 1.165) is 24.0 Å². The van der Waals surface area contributed by atoms with Crippen molar-refractivity contribution in [1.29, 1.82) is 0 Å². The molecule has 1 unspecified atom stereocenters. The average Bonchev–Trinajstić information content (AvgIpc) is 3.60. The number of rotatable bonds is 5. The molecule has 0 radical (unpaired) electrons. The summed E-state index contributed by atoms with van der Waals surface area (Å²) >= 11 is 6.18. The SMILES string of the molecule is COc1ccc(C)cc1-c1nc(C2CCCN2C(=O)c2ccc(Cl)cc2-n2nccn2)no1. The number of ether oxygens (including phenoxy) is 1. The van der Waals surface area contributed by atoms with Crippen LogP contribution in [0.3, 0.4) is 0 Å². The maximum atomic E-state index is 13.6. The summed E-state index contributed by atoms with van der Waals surface area (Å²) in [6, 6.07) is 10.5. The lowest BCUT2D eigenvalue weighted by atomic mass is 10.1. The van der Waals surface area contributed by atoms with E-state index >= 15 is 0 Å². The van der Waals surface area contributed by atoms with Gasteiger partial charge in [0.05, 0.1) is 42.4 Å². The van der Waals surface area contributed by atoms with Crippen LogP contribution in [0.4, 0.5) is 0 Å². The largest absolute Gasteiger partial charge is 0.496 e. The summed E-state index contributed by atoms with van der Waals surface area (Å²) in [5, 5.41) is 13.0. The van der Waals surface area contributed by atoms with Gasteiger partial charge < -0.3 is 14.2 Å². The Kier molecular flexibility index (Phi) is 5.55. The number of carbonyl (C=O) groups excluding carboxylic acids is 1. The van der Waals surface area contributed by atoms with Gasteiger partial charge in [-0.15, -0.1) is 0 Å². The van der Waals surface area contributed by atoms with E-state index in [1.54, 1.807) is 42.6 Å². The molecule has 0 saturated carbocycles. The fourth-order valence-corrected chi connectivity index (χ4v) is 4.26. The zero-order valence-corrected chi connectivity index (χ0v) is 18.9. The zero-order valence-electron chi connectivity index (χ0n) is 18.1. The smallest absolute Gasteiger partial charge is 0.261 e. The van der Waals surface area contributed by atoms with Gasteiger partial charge in [-0.2, -0.15) is 20.0 Å². The fourth-order valence-electron chi connectivity index (χ4n) is 4.09. The van der Waals surface area contributed by atoms with Crippen LogP contribution < -0.4 is 4.74 Å². The molecule has 2 aromatic carbocycles. The molecular weight excluding hydrogens is 444 g/mol. The number of carbonyl (C=O) groups is 1. The molecule has 5 rings (SSSR count). The van der Waals surface area contributed by atoms with Crippen LogP contribution in [0.1, 0.15) is 40.6 Å². The first-order valence-corrected chi connectivity index (χ1v) is 10.9. The summed E-state index contributed by atoms with van der Waals surface area (Å²) in [5.41, 5.74) is 2.73. The van der Waals surface area contributed by atoms with E-state index < -0.39 is 0 Å². The molecule has 1 atom stereocenters. The van der Waals surface area contributed by atoms with Crippen molar-refractivity contribution in [2.75, 3.05) is 13.7 Å². The lowest BCUT2D eigenvalue weighted by Crippen LogP contribution is -2.32. The lowest BCUT2D eigenvalue weighted by Gasteiger charge is -2.23. The molecule has 0 N–H and O–H groups in total. The first-order chi connectivity index (χ1) is 16.0. The Balaban J connectivity index is 1.47. The quantitative estimate of drug-likeness (QED) is 0.435. The molecule has 3 heterocycles. The molecule has 33 heavy (non-hydrogen) atoms. The third-order valence-electron chi connectivity index (χ3n) is 5.66. The summed E-state index contributed by atoms with van der Waals surface area (Å²) in [6.45, 7) is 2.56. The van der Waals surface area contributed by atoms with Gasteiger partial charge in [0.2, 0.25) is 0 Å². The number of amides is 1. The van der Waals surface area contributed by atoms with E-state index in [9.17, 15) is 4.79 Å². The van der Waals surface area contributed by atoms with Crippen LogP contribution in [-0.2, 0) is 0 Å². The van der Waals surface area contributed by atoms with Gasteiger partial charge in [-0.05, 0) is 50.1 Å². The maximum absolute atomic E-state index is 13.6. The van der Waals surface area contributed by atoms with Gasteiger partial charge >= 0.3 is 0 Å². The molecule has 0 spiro atoms. The number of hydrogen-bond acceptors (Lipinski definition) is 7. The standard InChI is InChI=1S/C23H21ClN6O3/c1-14-5-8-20(32-2)17(12-14)22-27-21(28-33-22)18-4-3-11-29(18)23(31)16-7-6-15(24)13-19(16)30-25-9-10-26-30/h5-10,12-13,18H,3-4,11H2,1-2H3. The van der Waals surface area contributed by atoms with Gasteiger partial charge in [0.15, 0.2) is 5.82 Å². The Labute approximate surface area is 194 Å². The minimum atomic E-state index is -0.306. The predicted octanol–water partition coefficient (Wildman–Crippen LogP) is 4.27.